The van der Waals surface area contributed by atoms with E-state index >= 15 is 0 Å². The number of benzene rings is 4. The molecule has 0 spiro atoms. The highest BCUT2D eigenvalue weighted by atomic mass is 16.1. The number of hydrogen-bond acceptors (Lipinski definition) is 3. The molecule has 0 aliphatic heterocycles. The molecule has 0 saturated heterocycles. The first-order chi connectivity index (χ1) is 13.1. The van der Waals surface area contributed by atoms with E-state index in [1.807, 2.05) is 18.2 Å². The van der Waals surface area contributed by atoms with Crippen LogP contribution in [0.4, 0.5) is 0 Å². The number of rotatable bonds is 6. The van der Waals surface area contributed by atoms with Crippen molar-refractivity contribution in [3.8, 4) is 0 Å². The second-order valence-corrected chi connectivity index (χ2v) is 6.97. The fourth-order valence-corrected chi connectivity index (χ4v) is 3.91. The summed E-state index contributed by atoms with van der Waals surface area (Å²) in [5.74, 6) is -0.0270. The van der Waals surface area contributed by atoms with Crippen LogP contribution in [0, 0.1) is 0 Å². The Hall–Kier alpha value is -2.98. The van der Waals surface area contributed by atoms with Gasteiger partial charge in [-0.1, -0.05) is 48.5 Å². The van der Waals surface area contributed by atoms with E-state index in [0.29, 0.717) is 18.5 Å². The molecule has 27 heavy (non-hydrogen) atoms. The van der Waals surface area contributed by atoms with Crippen molar-refractivity contribution in [3.63, 3.8) is 0 Å². The van der Waals surface area contributed by atoms with Gasteiger partial charge in [0.25, 0.3) is 5.91 Å². The minimum atomic E-state index is -0.230. The van der Waals surface area contributed by atoms with Gasteiger partial charge in [-0.25, -0.2) is 0 Å². The lowest BCUT2D eigenvalue weighted by atomic mass is 9.92. The molecule has 4 aromatic carbocycles. The number of carbonyl (C=O) groups excluding carboxylic acids is 2. The highest BCUT2D eigenvalue weighted by Gasteiger charge is 2.16. The Morgan fingerprint density at radius 1 is 0.889 bits per heavy atom. The Kier molecular flexibility index (Phi) is 4.50. The van der Waals surface area contributed by atoms with E-state index in [1.165, 1.54) is 16.2 Å². The van der Waals surface area contributed by atoms with Crippen LogP contribution in [0.3, 0.4) is 0 Å². The lowest BCUT2D eigenvalue weighted by Gasteiger charge is -2.15. The summed E-state index contributed by atoms with van der Waals surface area (Å²) in [5.41, 5.74) is 0.671. The number of likely N-dealkylation sites (N-methyl/N-ethyl adjacent to an activating group) is 1. The van der Waals surface area contributed by atoms with E-state index in [1.54, 1.807) is 14.0 Å². The average molecular weight is 358 g/mol. The fraction of sp³-hybridized carbons (Fsp3) is 0.217. The quantitative estimate of drug-likeness (QED) is 0.514. The summed E-state index contributed by atoms with van der Waals surface area (Å²) in [4.78, 5) is 24.3. The van der Waals surface area contributed by atoms with Gasteiger partial charge in [-0.15, -0.1) is 0 Å². The molecule has 0 saturated carbocycles. The molecule has 4 aromatic rings. The minimum absolute atomic E-state index is 0.0782. The van der Waals surface area contributed by atoms with Gasteiger partial charge in [0.2, 0.25) is 0 Å². The smallest absolute Gasteiger partial charge is 0.251 e. The van der Waals surface area contributed by atoms with Crippen LogP contribution in [0.25, 0.3) is 32.3 Å². The van der Waals surface area contributed by atoms with E-state index in [9.17, 15) is 9.59 Å². The molecule has 1 amide bonds. The molecule has 0 heterocycles. The first kappa shape index (κ1) is 17.4. The van der Waals surface area contributed by atoms with Crippen molar-refractivity contribution in [2.75, 3.05) is 13.6 Å². The monoisotopic (exact) mass is 358 g/mol. The summed E-state index contributed by atoms with van der Waals surface area (Å²) in [7, 11) is 1.76. The Morgan fingerprint density at radius 3 is 2.19 bits per heavy atom. The van der Waals surface area contributed by atoms with Crippen molar-refractivity contribution in [3.05, 3.63) is 60.2 Å². The Bertz CT molecular complexity index is 1130. The largest absolute Gasteiger partial charge is 0.352 e. The van der Waals surface area contributed by atoms with Crippen LogP contribution in [0.5, 0.6) is 0 Å². The van der Waals surface area contributed by atoms with Gasteiger partial charge in [0, 0.05) is 12.1 Å². The first-order valence-corrected chi connectivity index (χ1v) is 9.22. The highest BCUT2D eigenvalue weighted by Crippen LogP contribution is 2.35. The molecular weight excluding hydrogens is 336 g/mol. The third kappa shape index (κ3) is 3.02. The number of nitrogens with one attached hydrogen (secondary N) is 2. The van der Waals surface area contributed by atoms with Crippen molar-refractivity contribution < 1.29 is 9.59 Å². The molecule has 0 unspecified atom stereocenters. The van der Waals surface area contributed by atoms with Crippen molar-refractivity contribution in [2.24, 2.45) is 0 Å². The number of ketones is 1. The lowest BCUT2D eigenvalue weighted by Crippen LogP contribution is -2.36. The minimum Gasteiger partial charge on any atom is -0.352 e. The molecule has 4 heteroatoms. The lowest BCUT2D eigenvalue weighted by molar-refractivity contribution is -0.119. The van der Waals surface area contributed by atoms with Crippen LogP contribution >= 0.6 is 0 Å². The molecule has 0 fully saturated rings. The Balaban J connectivity index is 1.70. The zero-order valence-corrected chi connectivity index (χ0v) is 15.5. The van der Waals surface area contributed by atoms with E-state index in [2.05, 4.69) is 47.0 Å². The first-order valence-electron chi connectivity index (χ1n) is 9.22. The normalized spacial score (nSPS) is 12.7. The van der Waals surface area contributed by atoms with Gasteiger partial charge < -0.3 is 10.6 Å². The molecule has 0 aliphatic rings. The summed E-state index contributed by atoms with van der Waals surface area (Å²) in [5, 5.41) is 12.7. The topological polar surface area (TPSA) is 58.2 Å². The van der Waals surface area contributed by atoms with E-state index in [4.69, 9.17) is 0 Å². The summed E-state index contributed by atoms with van der Waals surface area (Å²) >= 11 is 0. The van der Waals surface area contributed by atoms with Crippen molar-refractivity contribution in [2.45, 2.75) is 19.4 Å². The molecule has 4 nitrogen and oxygen atoms in total. The SMILES string of the molecule is CN[C@@H](CCNC(=O)c1ccc2ccc3cccc4ccc1c2c34)C(C)=O. The zero-order valence-electron chi connectivity index (χ0n) is 15.5. The van der Waals surface area contributed by atoms with E-state index < -0.39 is 0 Å². The van der Waals surface area contributed by atoms with Crippen molar-refractivity contribution in [1.29, 1.82) is 0 Å². The molecule has 0 bridgehead atoms. The van der Waals surface area contributed by atoms with Crippen molar-refractivity contribution >= 4 is 44.0 Å². The molecular formula is C23H22N2O2. The van der Waals surface area contributed by atoms with Crippen LogP contribution < -0.4 is 10.6 Å². The maximum Gasteiger partial charge on any atom is 0.251 e. The maximum absolute atomic E-state index is 12.8. The molecule has 136 valence electrons. The van der Waals surface area contributed by atoms with Crippen LogP contribution in [-0.2, 0) is 4.79 Å². The Morgan fingerprint density at radius 2 is 1.52 bits per heavy atom. The van der Waals surface area contributed by atoms with E-state index in [-0.39, 0.29) is 17.7 Å². The third-order valence-electron chi connectivity index (χ3n) is 5.33. The maximum atomic E-state index is 12.8. The average Bonchev–Trinajstić information content (AvgIpc) is 2.69. The number of hydrogen-bond donors (Lipinski definition) is 2. The number of amides is 1. The second-order valence-electron chi connectivity index (χ2n) is 6.97. The third-order valence-corrected chi connectivity index (χ3v) is 5.33. The van der Waals surface area contributed by atoms with Gasteiger partial charge in [0.15, 0.2) is 0 Å². The van der Waals surface area contributed by atoms with Crippen LogP contribution in [0.15, 0.2) is 54.6 Å². The van der Waals surface area contributed by atoms with Crippen LogP contribution in [-0.4, -0.2) is 31.3 Å². The summed E-state index contributed by atoms with van der Waals surface area (Å²) in [6.45, 7) is 2.01. The van der Waals surface area contributed by atoms with Gasteiger partial charge >= 0.3 is 0 Å². The predicted octanol–water partition coefficient (Wildman–Crippen LogP) is 3.88. The van der Waals surface area contributed by atoms with Crippen LogP contribution in [0.1, 0.15) is 23.7 Å². The standard InChI is InChI=1S/C23H22N2O2/c1-14(26)20(24-2)12-13-25-23(27)19-11-9-17-7-6-15-4-3-5-16-8-10-18(19)22(17)21(15)16/h3-11,20,24H,12-13H2,1-2H3,(H,25,27)/t20-/m0/s1. The van der Waals surface area contributed by atoms with Gasteiger partial charge in [-0.2, -0.15) is 0 Å². The summed E-state index contributed by atoms with van der Waals surface area (Å²) in [6.07, 6.45) is 0.573. The molecule has 0 radical (unpaired) electrons. The van der Waals surface area contributed by atoms with E-state index in [0.717, 1.165) is 16.2 Å². The number of Topliss-reactive ketones (excluding diaryl/α,β-unsaturated/α-hetero) is 1. The molecule has 1 atom stereocenters. The summed E-state index contributed by atoms with van der Waals surface area (Å²) < 4.78 is 0. The van der Waals surface area contributed by atoms with Crippen molar-refractivity contribution in [1.82, 2.24) is 10.6 Å². The van der Waals surface area contributed by atoms with Gasteiger partial charge in [0.1, 0.15) is 5.78 Å². The van der Waals surface area contributed by atoms with Gasteiger partial charge in [-0.3, -0.25) is 9.59 Å². The highest BCUT2D eigenvalue weighted by molar-refractivity contribution is 6.26. The fourth-order valence-electron chi connectivity index (χ4n) is 3.91. The Labute approximate surface area is 157 Å². The van der Waals surface area contributed by atoms with Gasteiger partial charge in [-0.05, 0) is 58.8 Å². The molecule has 0 aliphatic carbocycles. The summed E-state index contributed by atoms with van der Waals surface area (Å²) in [6, 6.07) is 18.3. The second kappa shape index (κ2) is 6.97. The molecule has 2 N–H and O–H groups in total. The number of carbonyl (C=O) groups is 2. The molecule has 4 rings (SSSR count). The van der Waals surface area contributed by atoms with Crippen LogP contribution in [0.2, 0.25) is 0 Å². The van der Waals surface area contributed by atoms with Gasteiger partial charge in [0.05, 0.1) is 6.04 Å². The predicted molar refractivity (Wildman–Crippen MR) is 111 cm³/mol. The zero-order chi connectivity index (χ0) is 19.0. The molecule has 0 aromatic heterocycles.